The quantitative estimate of drug-likeness (QED) is 0.703. The lowest BCUT2D eigenvalue weighted by Crippen LogP contribution is -1.93. The molecular weight excluding hydrogens is 247 g/mol. The second kappa shape index (κ2) is 4.56. The number of hydrogen-bond donors (Lipinski definition) is 0. The molecule has 0 fully saturated rings. The molecule has 6 heteroatoms. The summed E-state index contributed by atoms with van der Waals surface area (Å²) < 4.78 is 18.5. The third-order valence-corrected chi connectivity index (χ3v) is 2.67. The molecule has 0 N–H and O–H groups in total. The van der Waals surface area contributed by atoms with Gasteiger partial charge in [-0.2, -0.15) is 0 Å². The van der Waals surface area contributed by atoms with Crippen molar-refractivity contribution in [3.63, 3.8) is 0 Å². The molecule has 0 atom stereocenters. The Morgan fingerprint density at radius 1 is 1.16 bits per heavy atom. The highest BCUT2D eigenvalue weighted by molar-refractivity contribution is 5.72. The fourth-order valence-electron chi connectivity index (χ4n) is 1.73. The molecule has 0 spiro atoms. The molecule has 5 nitrogen and oxygen atoms in total. The monoisotopic (exact) mass is 256 g/mol. The Kier molecular flexibility index (Phi) is 2.75. The molecular formula is C13H9FN4O. The Hall–Kier alpha value is -2.63. The number of aromatic nitrogens is 4. The number of rotatable bonds is 2. The molecule has 0 amide bonds. The summed E-state index contributed by atoms with van der Waals surface area (Å²) >= 11 is 0. The molecule has 2 aromatic heterocycles. The van der Waals surface area contributed by atoms with Crippen molar-refractivity contribution in [3.05, 3.63) is 42.7 Å². The number of ether oxygens (including phenoxy) is 1. The molecule has 3 rings (SSSR count). The first-order chi connectivity index (χ1) is 9.28. The minimum absolute atomic E-state index is 0.194. The summed E-state index contributed by atoms with van der Waals surface area (Å²) in [5, 5.41) is 0. The molecule has 3 aromatic rings. The van der Waals surface area contributed by atoms with E-state index in [9.17, 15) is 4.39 Å². The predicted molar refractivity (Wildman–Crippen MR) is 67.1 cm³/mol. The average molecular weight is 256 g/mol. The van der Waals surface area contributed by atoms with Crippen LogP contribution in [0.4, 0.5) is 4.39 Å². The summed E-state index contributed by atoms with van der Waals surface area (Å²) in [5.74, 6) is -0.246. The topological polar surface area (TPSA) is 60.8 Å². The van der Waals surface area contributed by atoms with Crippen molar-refractivity contribution < 1.29 is 9.13 Å². The zero-order valence-electron chi connectivity index (χ0n) is 10.0. The zero-order valence-corrected chi connectivity index (χ0v) is 10.0. The molecule has 94 valence electrons. The van der Waals surface area contributed by atoms with Crippen molar-refractivity contribution in [1.29, 1.82) is 0 Å². The summed E-state index contributed by atoms with van der Waals surface area (Å²) in [5.41, 5.74) is 2.24. The highest BCUT2D eigenvalue weighted by atomic mass is 19.1. The highest BCUT2D eigenvalue weighted by Gasteiger charge is 2.08. The first-order valence-electron chi connectivity index (χ1n) is 5.54. The number of nitrogens with zero attached hydrogens (tertiary/aromatic N) is 4. The van der Waals surface area contributed by atoms with Crippen LogP contribution in [0.15, 0.2) is 36.9 Å². The van der Waals surface area contributed by atoms with Crippen LogP contribution in [-0.2, 0) is 0 Å². The maximum atomic E-state index is 13.7. The van der Waals surface area contributed by atoms with Gasteiger partial charge in [0.2, 0.25) is 0 Å². The number of hydrogen-bond acceptors (Lipinski definition) is 5. The van der Waals surface area contributed by atoms with Gasteiger partial charge in [-0.1, -0.05) is 0 Å². The third-order valence-electron chi connectivity index (χ3n) is 2.67. The summed E-state index contributed by atoms with van der Waals surface area (Å²) in [6.45, 7) is 0. The number of halogens is 1. The van der Waals surface area contributed by atoms with E-state index in [2.05, 4.69) is 19.9 Å². The molecule has 0 aliphatic heterocycles. The van der Waals surface area contributed by atoms with Crippen LogP contribution in [0.3, 0.4) is 0 Å². The normalized spacial score (nSPS) is 10.6. The molecule has 0 aliphatic carbocycles. The summed E-state index contributed by atoms with van der Waals surface area (Å²) in [4.78, 5) is 16.4. The van der Waals surface area contributed by atoms with Crippen LogP contribution in [0.1, 0.15) is 0 Å². The largest absolute Gasteiger partial charge is 0.494 e. The van der Waals surface area contributed by atoms with Gasteiger partial charge in [-0.25, -0.2) is 24.3 Å². The first-order valence-corrected chi connectivity index (χ1v) is 5.54. The van der Waals surface area contributed by atoms with Gasteiger partial charge in [0.15, 0.2) is 17.2 Å². The van der Waals surface area contributed by atoms with E-state index in [0.29, 0.717) is 22.4 Å². The van der Waals surface area contributed by atoms with E-state index in [0.717, 1.165) is 0 Å². The lowest BCUT2D eigenvalue weighted by atomic mass is 10.1. The molecule has 0 unspecified atom stereocenters. The summed E-state index contributed by atoms with van der Waals surface area (Å²) in [6, 6.07) is 4.63. The molecule has 0 radical (unpaired) electrons. The standard InChI is InChI=1S/C13H9FN4O/c1-19-12-3-2-8(4-9(12)14)10-6-16-11-5-15-7-17-13(11)18-10/h2-7H,1H3. The zero-order chi connectivity index (χ0) is 13.2. The smallest absolute Gasteiger partial charge is 0.181 e. The first kappa shape index (κ1) is 11.5. The highest BCUT2D eigenvalue weighted by Crippen LogP contribution is 2.24. The van der Waals surface area contributed by atoms with Crippen molar-refractivity contribution >= 4 is 11.2 Å². The van der Waals surface area contributed by atoms with Crippen molar-refractivity contribution in [3.8, 4) is 17.0 Å². The maximum Gasteiger partial charge on any atom is 0.181 e. The van der Waals surface area contributed by atoms with Gasteiger partial charge in [-0.3, -0.25) is 0 Å². The molecule has 0 aliphatic rings. The number of benzene rings is 1. The SMILES string of the molecule is COc1ccc(-c2cnc3cncnc3n2)cc1F. The van der Waals surface area contributed by atoms with Crippen LogP contribution in [0.5, 0.6) is 5.75 Å². The Morgan fingerprint density at radius 2 is 2.05 bits per heavy atom. The van der Waals surface area contributed by atoms with E-state index in [1.807, 2.05) is 0 Å². The van der Waals surface area contributed by atoms with Crippen molar-refractivity contribution in [2.45, 2.75) is 0 Å². The minimum atomic E-state index is -0.440. The van der Waals surface area contributed by atoms with Crippen LogP contribution >= 0.6 is 0 Å². The fraction of sp³-hybridized carbons (Fsp3) is 0.0769. The Bertz CT molecular complexity index is 748. The third kappa shape index (κ3) is 2.08. The average Bonchev–Trinajstić information content (AvgIpc) is 2.46. The van der Waals surface area contributed by atoms with Gasteiger partial charge in [0, 0.05) is 5.56 Å². The van der Waals surface area contributed by atoms with Gasteiger partial charge in [-0.05, 0) is 18.2 Å². The number of methoxy groups -OCH3 is 1. The van der Waals surface area contributed by atoms with Crippen LogP contribution in [0.25, 0.3) is 22.4 Å². The van der Waals surface area contributed by atoms with Crippen LogP contribution in [0, 0.1) is 5.82 Å². The second-order valence-electron chi connectivity index (χ2n) is 3.84. The van der Waals surface area contributed by atoms with Gasteiger partial charge in [0.1, 0.15) is 11.8 Å². The molecule has 0 saturated heterocycles. The fourth-order valence-corrected chi connectivity index (χ4v) is 1.73. The van der Waals surface area contributed by atoms with E-state index in [-0.39, 0.29) is 5.75 Å². The lowest BCUT2D eigenvalue weighted by molar-refractivity contribution is 0.386. The van der Waals surface area contributed by atoms with Crippen LogP contribution in [0.2, 0.25) is 0 Å². The van der Waals surface area contributed by atoms with Gasteiger partial charge < -0.3 is 4.74 Å². The Labute approximate surface area is 108 Å². The molecule has 19 heavy (non-hydrogen) atoms. The molecule has 0 saturated carbocycles. The summed E-state index contributed by atoms with van der Waals surface area (Å²) in [7, 11) is 1.42. The van der Waals surface area contributed by atoms with Gasteiger partial charge in [0.25, 0.3) is 0 Å². The van der Waals surface area contributed by atoms with Gasteiger partial charge in [-0.15, -0.1) is 0 Å². The summed E-state index contributed by atoms with van der Waals surface area (Å²) in [6.07, 6.45) is 4.54. The number of fused-ring (bicyclic) bond motifs is 1. The Morgan fingerprint density at radius 3 is 2.84 bits per heavy atom. The predicted octanol–water partition coefficient (Wildman–Crippen LogP) is 2.23. The van der Waals surface area contributed by atoms with E-state index in [1.54, 1.807) is 24.5 Å². The van der Waals surface area contributed by atoms with Crippen LogP contribution in [-0.4, -0.2) is 27.0 Å². The molecule has 0 bridgehead atoms. The van der Waals surface area contributed by atoms with Crippen LogP contribution < -0.4 is 4.74 Å². The van der Waals surface area contributed by atoms with Crippen molar-refractivity contribution in [2.24, 2.45) is 0 Å². The second-order valence-corrected chi connectivity index (χ2v) is 3.84. The van der Waals surface area contributed by atoms with Crippen molar-refractivity contribution in [2.75, 3.05) is 7.11 Å². The van der Waals surface area contributed by atoms with E-state index in [1.165, 1.54) is 19.5 Å². The van der Waals surface area contributed by atoms with Gasteiger partial charge in [0.05, 0.1) is 25.2 Å². The van der Waals surface area contributed by atoms with E-state index >= 15 is 0 Å². The lowest BCUT2D eigenvalue weighted by Gasteiger charge is -2.05. The van der Waals surface area contributed by atoms with Crippen molar-refractivity contribution in [1.82, 2.24) is 19.9 Å². The van der Waals surface area contributed by atoms with E-state index < -0.39 is 5.82 Å². The van der Waals surface area contributed by atoms with Gasteiger partial charge >= 0.3 is 0 Å². The molecule has 2 heterocycles. The molecule has 1 aromatic carbocycles. The van der Waals surface area contributed by atoms with E-state index in [4.69, 9.17) is 4.74 Å². The minimum Gasteiger partial charge on any atom is -0.494 e. The Balaban J connectivity index is 2.11. The maximum absolute atomic E-state index is 13.7.